The maximum Gasteiger partial charge on any atom is 1.00 e. The van der Waals surface area contributed by atoms with E-state index in [-0.39, 0.29) is 158 Å². The van der Waals surface area contributed by atoms with Gasteiger partial charge in [-0.2, -0.15) is 0 Å². The van der Waals surface area contributed by atoms with Crippen LogP contribution in [0.3, 0.4) is 0 Å². The molecular formula is CH7K3O6P2+2. The molecule has 2 N–H and O–H groups in total. The van der Waals surface area contributed by atoms with Crippen molar-refractivity contribution in [1.82, 2.24) is 0 Å². The standard InChI is InChI=1S/CH2O6P2.3K.3H/c2-8(3)6-1-7-9(4)5;;;;;;/h1H2;;;;;;/q;3*+1;3*-1/p+2. The van der Waals surface area contributed by atoms with Crippen LogP contribution in [0.2, 0.25) is 0 Å². The van der Waals surface area contributed by atoms with Crippen molar-refractivity contribution in [2.45, 2.75) is 0 Å². The van der Waals surface area contributed by atoms with Gasteiger partial charge < -0.3 is 4.28 Å². The fraction of sp³-hybridized carbons (Fsp3) is 1.00. The zero-order valence-corrected chi connectivity index (χ0v) is 18.3. The van der Waals surface area contributed by atoms with Gasteiger partial charge in [-0.25, -0.2) is 0 Å². The summed E-state index contributed by atoms with van der Waals surface area (Å²) in [5, 5.41) is 0. The van der Waals surface area contributed by atoms with Crippen LogP contribution < -0.4 is 154 Å². The molecule has 0 fully saturated rings. The van der Waals surface area contributed by atoms with Crippen LogP contribution in [0.4, 0.5) is 0 Å². The van der Waals surface area contributed by atoms with Gasteiger partial charge >= 0.3 is 171 Å². The fourth-order valence-electron chi connectivity index (χ4n) is 0.114. The van der Waals surface area contributed by atoms with Gasteiger partial charge in [-0.3, -0.25) is 0 Å². The monoisotopic (exact) mass is 294 g/mol. The first-order chi connectivity index (χ1) is 4.13. The summed E-state index contributed by atoms with van der Waals surface area (Å²) in [5.41, 5.74) is 0. The summed E-state index contributed by atoms with van der Waals surface area (Å²) in [6.07, 6.45) is 0. The third-order valence-electron chi connectivity index (χ3n) is 0.326. The molecule has 0 heterocycles. The van der Waals surface area contributed by atoms with Crippen LogP contribution in [0.25, 0.3) is 0 Å². The van der Waals surface area contributed by atoms with Crippen LogP contribution in [0, 0.1) is 0 Å². The van der Waals surface area contributed by atoms with E-state index in [1.165, 1.54) is 0 Å². The predicted octanol–water partition coefficient (Wildman–Crippen LogP) is -8.37. The average molecular weight is 294 g/mol. The Morgan fingerprint density at radius 3 is 1.42 bits per heavy atom. The van der Waals surface area contributed by atoms with Crippen molar-refractivity contribution in [2.75, 3.05) is 6.79 Å². The number of rotatable bonds is 4. The summed E-state index contributed by atoms with van der Waals surface area (Å²) in [5.74, 6) is 0. The van der Waals surface area contributed by atoms with Crippen LogP contribution in [0.1, 0.15) is 4.28 Å². The van der Waals surface area contributed by atoms with Gasteiger partial charge in [-0.1, -0.05) is 9.05 Å². The van der Waals surface area contributed by atoms with Crippen LogP contribution in [0.15, 0.2) is 0 Å². The molecule has 0 bridgehead atoms. The summed E-state index contributed by atoms with van der Waals surface area (Å²) >= 11 is 0. The van der Waals surface area contributed by atoms with E-state index in [9.17, 15) is 9.13 Å². The van der Waals surface area contributed by atoms with E-state index in [0.29, 0.717) is 0 Å². The fourth-order valence-corrected chi connectivity index (χ4v) is 0.483. The minimum atomic E-state index is -2.75. The minimum Gasteiger partial charge on any atom is -1.00 e. The van der Waals surface area contributed by atoms with E-state index < -0.39 is 23.3 Å². The Labute approximate surface area is 204 Å². The first kappa shape index (κ1) is 25.7. The molecule has 0 aliphatic rings. The normalized spacial score (nSPS) is 9.83. The first-order valence-electron chi connectivity index (χ1n) is 1.71. The zero-order chi connectivity index (χ0) is 7.28. The Bertz CT molecular complexity index is 127. The van der Waals surface area contributed by atoms with Crippen molar-refractivity contribution in [3.8, 4) is 0 Å². The van der Waals surface area contributed by atoms with Crippen molar-refractivity contribution in [3.63, 3.8) is 0 Å². The molecule has 0 aliphatic carbocycles. The van der Waals surface area contributed by atoms with E-state index in [0.717, 1.165) is 0 Å². The zero-order valence-electron chi connectivity index (χ0n) is 10.1. The average Bonchev–Trinajstić information content (AvgIpc) is 1.63. The van der Waals surface area contributed by atoms with Crippen LogP contribution in [-0.2, 0) is 18.2 Å². The molecule has 0 saturated heterocycles. The molecule has 12 heavy (non-hydrogen) atoms. The smallest absolute Gasteiger partial charge is 1.00 e. The largest absolute Gasteiger partial charge is 1.00 e. The minimum absolute atomic E-state index is 0. The van der Waals surface area contributed by atoms with Gasteiger partial charge in [0, 0.05) is 9.13 Å². The molecule has 0 rings (SSSR count). The third-order valence-corrected chi connectivity index (χ3v) is 0.979. The van der Waals surface area contributed by atoms with E-state index in [1.807, 2.05) is 0 Å². The molecule has 0 amide bonds. The number of hydrogen-bond donors (Lipinski definition) is 2. The molecule has 2 atom stereocenters. The van der Waals surface area contributed by atoms with Crippen LogP contribution in [0.5, 0.6) is 0 Å². The van der Waals surface area contributed by atoms with Crippen molar-refractivity contribution in [2.24, 2.45) is 0 Å². The second kappa shape index (κ2) is 18.3. The van der Waals surface area contributed by atoms with E-state index in [4.69, 9.17) is 9.79 Å². The molecule has 0 saturated carbocycles. The maximum absolute atomic E-state index is 9.65. The molecule has 0 aromatic heterocycles. The van der Waals surface area contributed by atoms with Gasteiger partial charge in [0.2, 0.25) is 0 Å². The van der Waals surface area contributed by atoms with Gasteiger partial charge in [0.05, 0.1) is 0 Å². The van der Waals surface area contributed by atoms with E-state index in [2.05, 4.69) is 9.05 Å². The molecule has 0 spiro atoms. The van der Waals surface area contributed by atoms with Gasteiger partial charge in [-0.15, -0.1) is 9.79 Å². The topological polar surface area (TPSA) is 93.1 Å². The molecule has 0 aromatic rings. The molecule has 11 heteroatoms. The third kappa shape index (κ3) is 24.3. The van der Waals surface area contributed by atoms with E-state index >= 15 is 0 Å². The van der Waals surface area contributed by atoms with E-state index in [1.54, 1.807) is 0 Å². The summed E-state index contributed by atoms with van der Waals surface area (Å²) in [6.45, 7) is -0.655. The Balaban J connectivity index is -0.0000000213. The summed E-state index contributed by atoms with van der Waals surface area (Å²) in [4.78, 5) is 15.8. The Morgan fingerprint density at radius 2 is 1.25 bits per heavy atom. The predicted molar refractivity (Wildman–Crippen MR) is 30.0 cm³/mol. The van der Waals surface area contributed by atoms with Crippen molar-refractivity contribution < 1.29 is 186 Å². The molecule has 6 nitrogen and oxygen atoms in total. The number of hydrogen-bond acceptors (Lipinski definition) is 4. The molecular weight excluding hydrogens is 287 g/mol. The molecule has 58 valence electrons. The van der Waals surface area contributed by atoms with Gasteiger partial charge in [-0.05, 0) is 0 Å². The van der Waals surface area contributed by atoms with Gasteiger partial charge in [0.15, 0.2) is 0 Å². The van der Waals surface area contributed by atoms with Crippen molar-refractivity contribution in [1.29, 1.82) is 0 Å². The molecule has 2 unspecified atom stereocenters. The Kier molecular flexibility index (Phi) is 39.2. The van der Waals surface area contributed by atoms with Crippen LogP contribution in [-0.4, -0.2) is 16.6 Å². The second-order valence-corrected chi connectivity index (χ2v) is 2.32. The maximum atomic E-state index is 9.65. The Hall–Kier alpha value is 4.95. The van der Waals surface area contributed by atoms with Crippen molar-refractivity contribution >= 4 is 16.5 Å². The summed E-state index contributed by atoms with van der Waals surface area (Å²) in [6, 6.07) is 0. The van der Waals surface area contributed by atoms with Gasteiger partial charge in [0.25, 0.3) is 6.79 Å². The molecule has 0 aliphatic heterocycles. The summed E-state index contributed by atoms with van der Waals surface area (Å²) in [7, 11) is -5.49. The van der Waals surface area contributed by atoms with Gasteiger partial charge in [0.1, 0.15) is 0 Å². The molecule has 0 radical (unpaired) electrons. The quantitative estimate of drug-likeness (QED) is 0.304. The summed E-state index contributed by atoms with van der Waals surface area (Å²) < 4.78 is 27.0. The molecule has 0 aromatic carbocycles. The Morgan fingerprint density at radius 1 is 1.00 bits per heavy atom. The second-order valence-electron chi connectivity index (χ2n) is 0.852. The van der Waals surface area contributed by atoms with Crippen molar-refractivity contribution in [3.05, 3.63) is 0 Å². The SMILES string of the molecule is O=[P+](O)OCO[P+](=O)O.[H-].[H-].[H-].[K+].[K+].[K+]. The first-order valence-corrected chi connectivity index (χ1v) is 3.97. The van der Waals surface area contributed by atoms with Crippen LogP contribution >= 0.6 is 16.5 Å².